The van der Waals surface area contributed by atoms with Crippen molar-refractivity contribution in [2.24, 2.45) is 0 Å². The van der Waals surface area contributed by atoms with Crippen molar-refractivity contribution in [1.29, 1.82) is 0 Å². The molecule has 0 spiro atoms. The van der Waals surface area contributed by atoms with E-state index in [2.05, 4.69) is 21.2 Å². The van der Waals surface area contributed by atoms with Crippen LogP contribution in [-0.2, 0) is 0 Å². The minimum absolute atomic E-state index is 0.0121. The Labute approximate surface area is 97.6 Å². The van der Waals surface area contributed by atoms with E-state index in [0.717, 1.165) is 6.07 Å². The molecule has 1 aromatic carbocycles. The van der Waals surface area contributed by atoms with Gasteiger partial charge < -0.3 is 10.4 Å². The van der Waals surface area contributed by atoms with Crippen molar-refractivity contribution in [3.63, 3.8) is 0 Å². The van der Waals surface area contributed by atoms with E-state index in [0.29, 0.717) is 16.1 Å². The van der Waals surface area contributed by atoms with Gasteiger partial charge in [-0.2, -0.15) is 0 Å². The van der Waals surface area contributed by atoms with Gasteiger partial charge in [0.05, 0.1) is 4.47 Å². The second-order valence-corrected chi connectivity index (χ2v) is 4.72. The molecule has 0 aliphatic rings. The summed E-state index contributed by atoms with van der Waals surface area (Å²) in [5.41, 5.74) is 0.692. The number of rotatable bonds is 3. The van der Waals surface area contributed by atoms with Gasteiger partial charge in [0, 0.05) is 23.7 Å². The van der Waals surface area contributed by atoms with Gasteiger partial charge in [0.15, 0.2) is 0 Å². The molecule has 2 nitrogen and oxygen atoms in total. The molecule has 0 saturated heterocycles. The summed E-state index contributed by atoms with van der Waals surface area (Å²) >= 11 is 3.10. The second kappa shape index (κ2) is 4.94. The number of hydrogen-bond acceptors (Lipinski definition) is 2. The van der Waals surface area contributed by atoms with E-state index in [1.165, 1.54) is 0 Å². The molecule has 1 aromatic rings. The van der Waals surface area contributed by atoms with Crippen LogP contribution in [0.2, 0.25) is 0 Å². The molecule has 0 aliphatic carbocycles. The molecule has 0 fully saturated rings. The van der Waals surface area contributed by atoms with Crippen LogP contribution in [0.1, 0.15) is 32.4 Å². The highest BCUT2D eigenvalue weighted by atomic mass is 79.9. The predicted molar refractivity (Wildman–Crippen MR) is 62.5 cm³/mol. The van der Waals surface area contributed by atoms with Gasteiger partial charge in [-0.05, 0) is 28.9 Å². The minimum Gasteiger partial charge on any atom is -0.508 e. The zero-order valence-electron chi connectivity index (χ0n) is 9.01. The Kier molecular flexibility index (Phi) is 4.11. The number of halogens is 2. The van der Waals surface area contributed by atoms with Crippen LogP contribution in [0.25, 0.3) is 0 Å². The standard InChI is InChI=1S/C11H15BrFNO/c1-6(2)14-7(3)8-4-9(12)10(13)5-11(8)15/h4-7,14-15H,1-3H3. The maximum absolute atomic E-state index is 13.1. The normalized spacial score (nSPS) is 13.2. The molecule has 4 heteroatoms. The van der Waals surface area contributed by atoms with Crippen molar-refractivity contribution in [1.82, 2.24) is 5.32 Å². The van der Waals surface area contributed by atoms with E-state index >= 15 is 0 Å². The van der Waals surface area contributed by atoms with Gasteiger partial charge in [-0.1, -0.05) is 13.8 Å². The molecule has 2 N–H and O–H groups in total. The molecule has 15 heavy (non-hydrogen) atoms. The highest BCUT2D eigenvalue weighted by Crippen LogP contribution is 2.29. The molecule has 0 amide bonds. The summed E-state index contributed by atoms with van der Waals surface area (Å²) in [7, 11) is 0. The summed E-state index contributed by atoms with van der Waals surface area (Å²) in [6, 6.07) is 3.02. The average molecular weight is 276 g/mol. The summed E-state index contributed by atoms with van der Waals surface area (Å²) in [6.07, 6.45) is 0. The Bertz CT molecular complexity index is 355. The Morgan fingerprint density at radius 2 is 1.93 bits per heavy atom. The quantitative estimate of drug-likeness (QED) is 0.887. The average Bonchev–Trinajstić information content (AvgIpc) is 2.09. The maximum Gasteiger partial charge on any atom is 0.141 e. The number of benzene rings is 1. The van der Waals surface area contributed by atoms with Crippen molar-refractivity contribution < 1.29 is 9.50 Å². The lowest BCUT2D eigenvalue weighted by molar-refractivity contribution is 0.436. The van der Waals surface area contributed by atoms with Crippen LogP contribution in [0.4, 0.5) is 4.39 Å². The Morgan fingerprint density at radius 1 is 1.33 bits per heavy atom. The zero-order chi connectivity index (χ0) is 11.6. The summed E-state index contributed by atoms with van der Waals surface area (Å²) in [4.78, 5) is 0. The molecule has 0 heterocycles. The van der Waals surface area contributed by atoms with E-state index < -0.39 is 5.82 Å². The fraction of sp³-hybridized carbons (Fsp3) is 0.455. The maximum atomic E-state index is 13.1. The van der Waals surface area contributed by atoms with E-state index in [9.17, 15) is 9.50 Å². The molecule has 1 unspecified atom stereocenters. The Hall–Kier alpha value is -0.610. The molecular formula is C11H15BrFNO. The van der Waals surface area contributed by atoms with Crippen LogP contribution < -0.4 is 5.32 Å². The lowest BCUT2D eigenvalue weighted by Gasteiger charge is -2.18. The molecule has 0 aromatic heterocycles. The first-order valence-electron chi connectivity index (χ1n) is 4.85. The van der Waals surface area contributed by atoms with Crippen molar-refractivity contribution in [2.45, 2.75) is 32.9 Å². The van der Waals surface area contributed by atoms with Crippen LogP contribution in [0.15, 0.2) is 16.6 Å². The molecule has 84 valence electrons. The molecule has 0 radical (unpaired) electrons. The summed E-state index contributed by atoms with van der Waals surface area (Å²) in [5.74, 6) is -0.468. The Morgan fingerprint density at radius 3 is 2.47 bits per heavy atom. The molecular weight excluding hydrogens is 261 g/mol. The SMILES string of the molecule is CC(C)NC(C)c1cc(Br)c(F)cc1O. The predicted octanol–water partition coefficient (Wildman–Crippen LogP) is 3.35. The third kappa shape index (κ3) is 3.18. The number of aromatic hydroxyl groups is 1. The van der Waals surface area contributed by atoms with E-state index in [1.807, 2.05) is 20.8 Å². The third-order valence-corrected chi connectivity index (χ3v) is 2.73. The van der Waals surface area contributed by atoms with Gasteiger partial charge in [-0.25, -0.2) is 4.39 Å². The fourth-order valence-corrected chi connectivity index (χ4v) is 1.85. The number of hydrogen-bond donors (Lipinski definition) is 2. The van der Waals surface area contributed by atoms with Gasteiger partial charge in [0.25, 0.3) is 0 Å². The van der Waals surface area contributed by atoms with Gasteiger partial charge in [-0.3, -0.25) is 0 Å². The minimum atomic E-state index is -0.451. The first-order chi connectivity index (χ1) is 6.91. The molecule has 0 bridgehead atoms. The lowest BCUT2D eigenvalue weighted by Crippen LogP contribution is -2.26. The van der Waals surface area contributed by atoms with Crippen LogP contribution in [-0.4, -0.2) is 11.1 Å². The largest absolute Gasteiger partial charge is 0.508 e. The zero-order valence-corrected chi connectivity index (χ0v) is 10.6. The number of phenols is 1. The molecule has 0 aliphatic heterocycles. The lowest BCUT2D eigenvalue weighted by atomic mass is 10.1. The topological polar surface area (TPSA) is 32.3 Å². The summed E-state index contributed by atoms with van der Waals surface area (Å²) in [6.45, 7) is 5.97. The monoisotopic (exact) mass is 275 g/mol. The first kappa shape index (κ1) is 12.5. The van der Waals surface area contributed by atoms with Crippen molar-refractivity contribution >= 4 is 15.9 Å². The van der Waals surface area contributed by atoms with Gasteiger partial charge in [0.2, 0.25) is 0 Å². The van der Waals surface area contributed by atoms with Gasteiger partial charge >= 0.3 is 0 Å². The van der Waals surface area contributed by atoms with E-state index in [-0.39, 0.29) is 11.8 Å². The van der Waals surface area contributed by atoms with Crippen LogP contribution in [0, 0.1) is 5.82 Å². The van der Waals surface area contributed by atoms with E-state index in [4.69, 9.17) is 0 Å². The van der Waals surface area contributed by atoms with Gasteiger partial charge in [-0.15, -0.1) is 0 Å². The molecule has 1 atom stereocenters. The fourth-order valence-electron chi connectivity index (χ4n) is 1.49. The van der Waals surface area contributed by atoms with Crippen LogP contribution in [0.3, 0.4) is 0 Å². The summed E-state index contributed by atoms with van der Waals surface area (Å²) < 4.78 is 13.4. The second-order valence-electron chi connectivity index (χ2n) is 3.87. The number of phenolic OH excluding ortho intramolecular Hbond substituents is 1. The van der Waals surface area contributed by atoms with Crippen molar-refractivity contribution in [3.8, 4) is 5.75 Å². The third-order valence-electron chi connectivity index (χ3n) is 2.12. The van der Waals surface area contributed by atoms with Crippen LogP contribution >= 0.6 is 15.9 Å². The van der Waals surface area contributed by atoms with Crippen molar-refractivity contribution in [3.05, 3.63) is 28.0 Å². The summed E-state index contributed by atoms with van der Waals surface area (Å²) in [5, 5.41) is 12.8. The van der Waals surface area contributed by atoms with E-state index in [1.54, 1.807) is 6.07 Å². The highest BCUT2D eigenvalue weighted by molar-refractivity contribution is 9.10. The van der Waals surface area contributed by atoms with Crippen molar-refractivity contribution in [2.75, 3.05) is 0 Å². The molecule has 0 saturated carbocycles. The molecule has 1 rings (SSSR count). The Balaban J connectivity index is 2.98. The smallest absolute Gasteiger partial charge is 0.141 e. The van der Waals surface area contributed by atoms with Crippen LogP contribution in [0.5, 0.6) is 5.75 Å². The first-order valence-corrected chi connectivity index (χ1v) is 5.65. The van der Waals surface area contributed by atoms with Gasteiger partial charge in [0.1, 0.15) is 11.6 Å². The highest BCUT2D eigenvalue weighted by Gasteiger charge is 2.14. The number of nitrogens with one attached hydrogen (secondary N) is 1.